The van der Waals surface area contributed by atoms with Crippen molar-refractivity contribution in [2.24, 2.45) is 0 Å². The third kappa shape index (κ3) is 6.82. The topological polar surface area (TPSA) is 107 Å². The van der Waals surface area contributed by atoms with Crippen molar-refractivity contribution in [2.45, 2.75) is 33.3 Å². The molecule has 2 rings (SSSR count). The van der Waals surface area contributed by atoms with Crippen LogP contribution in [0.25, 0.3) is 0 Å². The maximum absolute atomic E-state index is 12.0. The summed E-state index contributed by atoms with van der Waals surface area (Å²) in [6.07, 6.45) is -0.875. The third-order valence-corrected chi connectivity index (χ3v) is 4.64. The number of carbonyl (C=O) groups excluding carboxylic acids is 3. The predicted octanol–water partition coefficient (Wildman–Crippen LogP) is 2.11. The van der Waals surface area contributed by atoms with Gasteiger partial charge in [0.25, 0.3) is 5.91 Å². The number of hydrogen-bond donors (Lipinski definition) is 2. The number of hydrogen-bond acceptors (Lipinski definition) is 7. The number of esters is 1. The summed E-state index contributed by atoms with van der Waals surface area (Å²) in [6, 6.07) is 5.00. The van der Waals surface area contributed by atoms with Crippen molar-refractivity contribution in [2.75, 3.05) is 6.61 Å². The SMILES string of the molecule is Cc1csc(CC(=O)NNC(=O)COC(=O)C(C)Oc2ccc(Cl)cc2C)n1. The van der Waals surface area contributed by atoms with Crippen LogP contribution in [-0.2, 0) is 25.5 Å². The molecule has 2 N–H and O–H groups in total. The highest BCUT2D eigenvalue weighted by molar-refractivity contribution is 7.09. The molecule has 0 aliphatic rings. The number of benzene rings is 1. The number of aryl methyl sites for hydroxylation is 2. The molecule has 2 aromatic rings. The van der Waals surface area contributed by atoms with Gasteiger partial charge in [-0.15, -0.1) is 11.3 Å². The fourth-order valence-electron chi connectivity index (χ4n) is 2.08. The first kappa shape index (κ1) is 21.6. The molecular formula is C18H20ClN3O5S. The minimum absolute atomic E-state index is 0.0455. The summed E-state index contributed by atoms with van der Waals surface area (Å²) < 4.78 is 10.4. The van der Waals surface area contributed by atoms with Crippen molar-refractivity contribution >= 4 is 40.7 Å². The fraction of sp³-hybridized carbons (Fsp3) is 0.333. The molecule has 1 aromatic carbocycles. The van der Waals surface area contributed by atoms with Crippen LogP contribution in [0.1, 0.15) is 23.2 Å². The molecule has 1 atom stereocenters. The van der Waals surface area contributed by atoms with Crippen LogP contribution < -0.4 is 15.6 Å². The number of halogens is 1. The van der Waals surface area contributed by atoms with Crippen LogP contribution in [0.15, 0.2) is 23.6 Å². The first-order valence-corrected chi connectivity index (χ1v) is 9.58. The van der Waals surface area contributed by atoms with Crippen LogP contribution in [-0.4, -0.2) is 35.5 Å². The Hall–Kier alpha value is -2.65. The first-order valence-electron chi connectivity index (χ1n) is 8.32. The molecule has 2 amide bonds. The van der Waals surface area contributed by atoms with Crippen LogP contribution in [0.3, 0.4) is 0 Å². The van der Waals surface area contributed by atoms with E-state index < -0.39 is 30.5 Å². The van der Waals surface area contributed by atoms with Gasteiger partial charge in [-0.3, -0.25) is 20.4 Å². The first-order chi connectivity index (χ1) is 13.2. The summed E-state index contributed by atoms with van der Waals surface area (Å²) in [7, 11) is 0. The van der Waals surface area contributed by atoms with Gasteiger partial charge in [0.05, 0.1) is 6.42 Å². The summed E-state index contributed by atoms with van der Waals surface area (Å²) in [6.45, 7) is 4.57. The molecule has 0 bridgehead atoms. The lowest BCUT2D eigenvalue weighted by Crippen LogP contribution is -2.44. The fourth-order valence-corrected chi connectivity index (χ4v) is 3.08. The Bertz CT molecular complexity index is 871. The van der Waals surface area contributed by atoms with E-state index in [0.717, 1.165) is 11.3 Å². The lowest BCUT2D eigenvalue weighted by Gasteiger charge is -2.15. The Morgan fingerprint density at radius 3 is 2.57 bits per heavy atom. The smallest absolute Gasteiger partial charge is 0.347 e. The zero-order chi connectivity index (χ0) is 20.7. The number of nitrogens with one attached hydrogen (secondary N) is 2. The second-order valence-corrected chi connectivity index (χ2v) is 7.31. The molecule has 8 nitrogen and oxygen atoms in total. The van der Waals surface area contributed by atoms with Crippen LogP contribution >= 0.6 is 22.9 Å². The molecular weight excluding hydrogens is 406 g/mol. The molecule has 0 spiro atoms. The summed E-state index contributed by atoms with van der Waals surface area (Å²) in [4.78, 5) is 39.6. The Morgan fingerprint density at radius 2 is 1.93 bits per heavy atom. The van der Waals surface area contributed by atoms with Crippen molar-refractivity contribution in [3.05, 3.63) is 44.9 Å². The molecule has 1 heterocycles. The molecule has 150 valence electrons. The summed E-state index contributed by atoms with van der Waals surface area (Å²) in [5, 5.41) is 3.03. The van der Waals surface area contributed by atoms with Gasteiger partial charge in [0, 0.05) is 16.1 Å². The van der Waals surface area contributed by atoms with Gasteiger partial charge in [-0.1, -0.05) is 11.6 Å². The largest absolute Gasteiger partial charge is 0.479 e. The van der Waals surface area contributed by atoms with E-state index in [-0.39, 0.29) is 6.42 Å². The van der Waals surface area contributed by atoms with E-state index in [9.17, 15) is 14.4 Å². The number of carbonyl (C=O) groups is 3. The molecule has 0 fully saturated rings. The van der Waals surface area contributed by atoms with Gasteiger partial charge in [0.15, 0.2) is 12.7 Å². The second kappa shape index (κ2) is 10.0. The lowest BCUT2D eigenvalue weighted by atomic mass is 10.2. The van der Waals surface area contributed by atoms with Crippen molar-refractivity contribution in [1.29, 1.82) is 0 Å². The molecule has 1 aromatic heterocycles. The number of nitrogens with zero attached hydrogens (tertiary/aromatic N) is 1. The van der Waals surface area contributed by atoms with Crippen molar-refractivity contribution in [3.8, 4) is 5.75 Å². The third-order valence-electron chi connectivity index (χ3n) is 3.44. The Labute approximate surface area is 171 Å². The molecule has 0 saturated heterocycles. The van der Waals surface area contributed by atoms with E-state index in [4.69, 9.17) is 21.1 Å². The summed E-state index contributed by atoms with van der Waals surface area (Å²) >= 11 is 7.23. The molecule has 10 heteroatoms. The number of amides is 2. The van der Waals surface area contributed by atoms with Gasteiger partial charge in [0.1, 0.15) is 10.8 Å². The van der Waals surface area contributed by atoms with Crippen LogP contribution in [0.4, 0.5) is 0 Å². The molecule has 0 aliphatic heterocycles. The minimum atomic E-state index is -0.921. The van der Waals surface area contributed by atoms with Crippen molar-refractivity contribution in [3.63, 3.8) is 0 Å². The van der Waals surface area contributed by atoms with E-state index in [1.165, 1.54) is 18.3 Å². The van der Waals surface area contributed by atoms with Gasteiger partial charge in [-0.2, -0.15) is 0 Å². The summed E-state index contributed by atoms with van der Waals surface area (Å²) in [5.74, 6) is -1.33. The van der Waals surface area contributed by atoms with E-state index in [1.54, 1.807) is 25.1 Å². The zero-order valence-corrected chi connectivity index (χ0v) is 17.1. The van der Waals surface area contributed by atoms with Crippen LogP contribution in [0, 0.1) is 13.8 Å². The van der Waals surface area contributed by atoms with Crippen molar-refractivity contribution in [1.82, 2.24) is 15.8 Å². The number of thiazole rings is 1. The monoisotopic (exact) mass is 425 g/mol. The summed E-state index contributed by atoms with van der Waals surface area (Å²) in [5.41, 5.74) is 6.01. The molecule has 0 radical (unpaired) electrons. The average molecular weight is 426 g/mol. The maximum Gasteiger partial charge on any atom is 0.347 e. The Kier molecular flexibility index (Phi) is 7.77. The van der Waals surface area contributed by atoms with Crippen LogP contribution in [0.2, 0.25) is 5.02 Å². The molecule has 28 heavy (non-hydrogen) atoms. The molecule has 0 aliphatic carbocycles. The van der Waals surface area contributed by atoms with Crippen LogP contribution in [0.5, 0.6) is 5.75 Å². The van der Waals surface area contributed by atoms with E-state index in [0.29, 0.717) is 15.8 Å². The second-order valence-electron chi connectivity index (χ2n) is 5.93. The van der Waals surface area contributed by atoms with Gasteiger partial charge in [-0.25, -0.2) is 9.78 Å². The standard InChI is InChI=1S/C18H20ClN3O5S/c1-10-6-13(19)4-5-14(10)27-12(3)18(25)26-8-16(24)22-21-15(23)7-17-20-11(2)9-28-17/h4-6,9,12H,7-8H2,1-3H3,(H,21,23)(H,22,24). The number of rotatable bonds is 7. The van der Waals surface area contributed by atoms with E-state index >= 15 is 0 Å². The highest BCUT2D eigenvalue weighted by Crippen LogP contribution is 2.23. The Morgan fingerprint density at radius 1 is 1.21 bits per heavy atom. The quantitative estimate of drug-likeness (QED) is 0.519. The van der Waals surface area contributed by atoms with Gasteiger partial charge in [0.2, 0.25) is 5.91 Å². The average Bonchev–Trinajstić information content (AvgIpc) is 3.04. The highest BCUT2D eigenvalue weighted by atomic mass is 35.5. The number of aromatic nitrogens is 1. The van der Waals surface area contributed by atoms with E-state index in [2.05, 4.69) is 15.8 Å². The van der Waals surface area contributed by atoms with Gasteiger partial charge in [-0.05, 0) is 44.5 Å². The number of hydrazine groups is 1. The molecule has 1 unspecified atom stereocenters. The molecule has 0 saturated carbocycles. The van der Waals surface area contributed by atoms with Gasteiger partial charge >= 0.3 is 5.97 Å². The predicted molar refractivity (Wildman–Crippen MR) is 104 cm³/mol. The van der Waals surface area contributed by atoms with Gasteiger partial charge < -0.3 is 9.47 Å². The zero-order valence-electron chi connectivity index (χ0n) is 15.6. The minimum Gasteiger partial charge on any atom is -0.479 e. The highest BCUT2D eigenvalue weighted by Gasteiger charge is 2.19. The lowest BCUT2D eigenvalue weighted by molar-refractivity contribution is -0.155. The maximum atomic E-state index is 12.0. The number of ether oxygens (including phenoxy) is 2. The van der Waals surface area contributed by atoms with E-state index in [1.807, 2.05) is 12.3 Å². The van der Waals surface area contributed by atoms with Crippen molar-refractivity contribution < 1.29 is 23.9 Å². The normalized spacial score (nSPS) is 11.4. The Balaban J connectivity index is 1.70.